The first-order valence-electron chi connectivity index (χ1n) is 22.7. The Labute approximate surface area is 389 Å². The lowest BCUT2D eigenvalue weighted by molar-refractivity contribution is -0.182. The van der Waals surface area contributed by atoms with E-state index in [-0.39, 0.29) is 47.6 Å². The summed E-state index contributed by atoms with van der Waals surface area (Å²) in [5.41, 5.74) is 3.26. The lowest BCUT2D eigenvalue weighted by Gasteiger charge is -2.45. The van der Waals surface area contributed by atoms with Crippen LogP contribution >= 0.6 is 0 Å². The Kier molecular flexibility index (Phi) is 12.3. The number of piperazine rings is 1. The average molecular weight is 938 g/mol. The van der Waals surface area contributed by atoms with Crippen LogP contribution in [0, 0.1) is 12.7 Å². The number of aromatic nitrogens is 5. The second-order valence-corrected chi connectivity index (χ2v) is 18.6. The number of halogens is 4. The molecule has 20 heteroatoms. The molecule has 356 valence electrons. The van der Waals surface area contributed by atoms with Crippen molar-refractivity contribution in [1.82, 2.24) is 50.3 Å². The Morgan fingerprint density at radius 1 is 0.882 bits per heavy atom. The maximum Gasteiger partial charge on any atom is 0.401 e. The van der Waals surface area contributed by atoms with Crippen LogP contribution in [0.4, 0.5) is 23.2 Å². The molecule has 9 rings (SSSR count). The predicted octanol–water partition coefficient (Wildman–Crippen LogP) is 5.45. The number of anilines is 1. The highest BCUT2D eigenvalue weighted by atomic mass is 19.4. The molecule has 4 aliphatic rings. The van der Waals surface area contributed by atoms with Gasteiger partial charge >= 0.3 is 6.18 Å². The van der Waals surface area contributed by atoms with Crippen molar-refractivity contribution in [3.63, 3.8) is 0 Å². The molecule has 3 atom stereocenters. The van der Waals surface area contributed by atoms with Crippen LogP contribution in [0.2, 0.25) is 0 Å². The highest BCUT2D eigenvalue weighted by Crippen LogP contribution is 2.39. The first-order valence-corrected chi connectivity index (χ1v) is 22.7. The van der Waals surface area contributed by atoms with E-state index < -0.39 is 58.8 Å². The Hall–Kier alpha value is -6.80. The zero-order valence-corrected chi connectivity index (χ0v) is 38.0. The van der Waals surface area contributed by atoms with Gasteiger partial charge in [0.05, 0.1) is 40.8 Å². The highest BCUT2D eigenvalue weighted by Gasteiger charge is 2.51. The number of H-pyrrole nitrogens is 1. The molecule has 5 aromatic rings. The minimum atomic E-state index is -4.54. The predicted molar refractivity (Wildman–Crippen MR) is 240 cm³/mol. The Morgan fingerprint density at radius 3 is 2.26 bits per heavy atom. The zero-order valence-electron chi connectivity index (χ0n) is 38.0. The Bertz CT molecular complexity index is 2800. The van der Waals surface area contributed by atoms with Gasteiger partial charge in [-0.1, -0.05) is 30.3 Å². The number of carbonyl (C=O) groups excluding carboxylic acids is 5. The van der Waals surface area contributed by atoms with Gasteiger partial charge in [-0.2, -0.15) is 23.4 Å². The van der Waals surface area contributed by atoms with Crippen LogP contribution in [0.5, 0.6) is 0 Å². The summed E-state index contributed by atoms with van der Waals surface area (Å²) in [6, 6.07) is 16.7. The molecule has 0 radical (unpaired) electrons. The molecule has 2 aromatic heterocycles. The smallest absolute Gasteiger partial charge is 0.367 e. The third-order valence-corrected chi connectivity index (χ3v) is 13.8. The summed E-state index contributed by atoms with van der Waals surface area (Å²) in [4.78, 5) is 75.2. The summed E-state index contributed by atoms with van der Waals surface area (Å²) in [7, 11) is 0. The molecule has 5 amide bonds. The van der Waals surface area contributed by atoms with Crippen molar-refractivity contribution in [3.05, 3.63) is 112 Å². The maximum atomic E-state index is 15.6. The second kappa shape index (κ2) is 18.0. The van der Waals surface area contributed by atoms with Crippen molar-refractivity contribution >= 4 is 35.2 Å². The molecule has 0 aliphatic carbocycles. The van der Waals surface area contributed by atoms with E-state index in [4.69, 9.17) is 0 Å². The number of aromatic amines is 1. The van der Waals surface area contributed by atoms with Crippen LogP contribution in [0.3, 0.4) is 0 Å². The highest BCUT2D eigenvalue weighted by molar-refractivity contribution is 6.23. The molecular formula is C48H51F4N11O5. The van der Waals surface area contributed by atoms with Crippen molar-refractivity contribution in [1.29, 1.82) is 0 Å². The fourth-order valence-corrected chi connectivity index (χ4v) is 9.56. The lowest BCUT2D eigenvalue weighted by atomic mass is 9.92. The van der Waals surface area contributed by atoms with E-state index >= 15 is 4.39 Å². The summed E-state index contributed by atoms with van der Waals surface area (Å²) >= 11 is 0. The summed E-state index contributed by atoms with van der Waals surface area (Å²) in [5, 5.41) is 15.4. The fourth-order valence-electron chi connectivity index (χ4n) is 9.56. The molecule has 4 aliphatic heterocycles. The summed E-state index contributed by atoms with van der Waals surface area (Å²) in [6.07, 6.45) is 0.490. The number of likely N-dealkylation sites (tertiary alicyclic amines) is 1. The standard InChI is InChI=1S/C48H51F4N11O5/c1-27-19-31(9-10-37(27)62-26-32(23-54-62)42(65)53-24-40-55-46(58-57-40)47(3,4)48(50,51)52)30-7-5-29(6-8-30)25-61-14-13-33(20-28(61)2)59-15-17-60(18-16-59)39-22-35-34(21-36(39)49)44(67)63(45(35)68)38-11-12-41(64)56-43(38)66/h5-10,19,21-23,26,28,33,38H,11-18,20,24-25H2,1-4H3,(H,53,65)(H,55,57,58)(H,56,64,66)/t28-,33+,38?/m0/s1. The SMILES string of the molecule is Cc1cc(-c2ccc(CN3CC[C@@H](N4CCN(c5cc6c(cc5F)C(=O)N(C5CCC(=O)NC5=O)C6=O)CC4)C[C@@H]3C)cc2)ccc1-n1cc(C(=O)NCc2nc(C(C)(C)C(F)(F)F)n[nH]2)cn1. The van der Waals surface area contributed by atoms with Gasteiger partial charge in [0, 0.05) is 64.0 Å². The number of hydrogen-bond donors (Lipinski definition) is 3. The molecule has 0 spiro atoms. The molecule has 3 N–H and O–H groups in total. The number of rotatable bonds is 11. The van der Waals surface area contributed by atoms with Crippen LogP contribution in [-0.4, -0.2) is 126 Å². The van der Waals surface area contributed by atoms with E-state index in [1.54, 1.807) is 10.9 Å². The molecule has 3 aromatic carbocycles. The quantitative estimate of drug-likeness (QED) is 0.113. The molecule has 68 heavy (non-hydrogen) atoms. The Morgan fingerprint density at radius 2 is 1.59 bits per heavy atom. The number of nitrogens with one attached hydrogen (secondary N) is 3. The maximum absolute atomic E-state index is 15.6. The van der Waals surface area contributed by atoms with E-state index in [0.29, 0.717) is 25.2 Å². The van der Waals surface area contributed by atoms with E-state index in [0.717, 1.165) is 86.2 Å². The van der Waals surface area contributed by atoms with Gasteiger partial charge in [0.25, 0.3) is 17.7 Å². The van der Waals surface area contributed by atoms with Crippen molar-refractivity contribution in [2.45, 2.75) is 96.2 Å². The molecule has 6 heterocycles. The largest absolute Gasteiger partial charge is 0.401 e. The van der Waals surface area contributed by atoms with Crippen LogP contribution in [0.15, 0.2) is 67.0 Å². The molecular weight excluding hydrogens is 887 g/mol. The Balaban J connectivity index is 0.749. The van der Waals surface area contributed by atoms with Gasteiger partial charge in [-0.3, -0.25) is 49.1 Å². The lowest BCUT2D eigenvalue weighted by Crippen LogP contribution is -2.55. The molecule has 0 saturated carbocycles. The van der Waals surface area contributed by atoms with Gasteiger partial charge in [-0.15, -0.1) is 0 Å². The number of hydrogen-bond acceptors (Lipinski definition) is 11. The van der Waals surface area contributed by atoms with Crippen LogP contribution in [-0.2, 0) is 28.1 Å². The number of imide groups is 2. The van der Waals surface area contributed by atoms with Crippen molar-refractivity contribution in [3.8, 4) is 16.8 Å². The first-order chi connectivity index (χ1) is 32.4. The van der Waals surface area contributed by atoms with E-state index in [1.807, 2.05) is 24.0 Å². The third-order valence-electron chi connectivity index (χ3n) is 13.8. The van der Waals surface area contributed by atoms with Gasteiger partial charge in [-0.25, -0.2) is 14.1 Å². The van der Waals surface area contributed by atoms with Gasteiger partial charge < -0.3 is 10.2 Å². The van der Waals surface area contributed by atoms with Crippen molar-refractivity contribution in [2.75, 3.05) is 37.6 Å². The molecule has 3 saturated heterocycles. The molecule has 16 nitrogen and oxygen atoms in total. The fraction of sp³-hybridized carbons (Fsp3) is 0.417. The molecule has 0 bridgehead atoms. The van der Waals surface area contributed by atoms with Crippen molar-refractivity contribution < 1.29 is 41.5 Å². The number of carbonyl (C=O) groups is 5. The third kappa shape index (κ3) is 8.89. The molecule has 1 unspecified atom stereocenters. The van der Waals surface area contributed by atoms with Gasteiger partial charge in [-0.05, 0) is 93.5 Å². The minimum Gasteiger partial charge on any atom is -0.367 e. The van der Waals surface area contributed by atoms with Gasteiger partial charge in [0.15, 0.2) is 5.82 Å². The number of aryl methyl sites for hydroxylation is 1. The monoisotopic (exact) mass is 937 g/mol. The topological polar surface area (TPSA) is 182 Å². The normalized spacial score (nSPS) is 20.8. The number of fused-ring (bicyclic) bond motifs is 1. The zero-order chi connectivity index (χ0) is 48.2. The van der Waals surface area contributed by atoms with Gasteiger partial charge in [0.1, 0.15) is 23.1 Å². The summed E-state index contributed by atoms with van der Waals surface area (Å²) < 4.78 is 57.4. The second-order valence-electron chi connectivity index (χ2n) is 18.6. The van der Waals surface area contributed by atoms with Crippen LogP contribution < -0.4 is 15.5 Å². The first kappa shape index (κ1) is 46.3. The average Bonchev–Trinajstić information content (AvgIpc) is 4.05. The number of benzene rings is 3. The van der Waals surface area contributed by atoms with Crippen LogP contribution in [0.1, 0.15) is 100 Å². The minimum absolute atomic E-state index is 0.00623. The summed E-state index contributed by atoms with van der Waals surface area (Å²) in [6.45, 7) is 10.3. The van der Waals surface area contributed by atoms with E-state index in [1.165, 1.54) is 17.8 Å². The number of piperidine rings is 2. The van der Waals surface area contributed by atoms with Crippen molar-refractivity contribution in [2.24, 2.45) is 0 Å². The number of alkyl halides is 3. The number of amides is 5. The van der Waals surface area contributed by atoms with Crippen LogP contribution in [0.25, 0.3) is 16.8 Å². The molecule has 3 fully saturated rings. The van der Waals surface area contributed by atoms with E-state index in [2.05, 4.69) is 78.0 Å². The van der Waals surface area contributed by atoms with Gasteiger partial charge in [0.2, 0.25) is 11.8 Å². The van der Waals surface area contributed by atoms with E-state index in [9.17, 15) is 37.1 Å². The summed E-state index contributed by atoms with van der Waals surface area (Å²) in [5.74, 6) is -3.93. The number of nitrogens with zero attached hydrogens (tertiary/aromatic N) is 8.